The number of hydrogen-bond acceptors (Lipinski definition) is 3. The minimum atomic E-state index is -4.57. The minimum absolute atomic E-state index is 0.0145. The van der Waals surface area contributed by atoms with Crippen LogP contribution in [-0.2, 0) is 17.5 Å². The van der Waals surface area contributed by atoms with E-state index in [1.54, 1.807) is 11.8 Å². The van der Waals surface area contributed by atoms with Crippen molar-refractivity contribution in [1.29, 1.82) is 0 Å². The fraction of sp³-hybridized carbons (Fsp3) is 0.524. The Labute approximate surface area is 192 Å². The molecule has 0 radical (unpaired) electrons. The van der Waals surface area contributed by atoms with Gasteiger partial charge in [-0.25, -0.2) is 0 Å². The maximum absolute atomic E-state index is 13.4. The average Bonchev–Trinajstić information content (AvgIpc) is 3.50. The van der Waals surface area contributed by atoms with Gasteiger partial charge >= 0.3 is 6.18 Å². The number of carbonyl (C=O) groups excluding carboxylic acids is 1. The van der Waals surface area contributed by atoms with E-state index in [0.29, 0.717) is 43.4 Å². The second-order valence-electron chi connectivity index (χ2n) is 8.13. The summed E-state index contributed by atoms with van der Waals surface area (Å²) in [5.41, 5.74) is 0.552. The molecule has 2 heterocycles. The van der Waals surface area contributed by atoms with E-state index in [-0.39, 0.29) is 16.3 Å². The lowest BCUT2D eigenvalue weighted by atomic mass is 10.2. The molecule has 1 aliphatic heterocycles. The molecule has 4 rings (SSSR count). The van der Waals surface area contributed by atoms with Gasteiger partial charge in [-0.3, -0.25) is 14.4 Å². The van der Waals surface area contributed by atoms with E-state index >= 15 is 0 Å². The summed E-state index contributed by atoms with van der Waals surface area (Å²) in [5, 5.41) is 4.53. The summed E-state index contributed by atoms with van der Waals surface area (Å²) < 4.78 is 41.4. The molecule has 1 atom stereocenters. The van der Waals surface area contributed by atoms with Crippen LogP contribution in [0.1, 0.15) is 48.7 Å². The van der Waals surface area contributed by atoms with Gasteiger partial charge in [0, 0.05) is 43.7 Å². The Hall–Kier alpha value is -1.58. The summed E-state index contributed by atoms with van der Waals surface area (Å²) in [6.45, 7) is 4.71. The zero-order valence-electron chi connectivity index (χ0n) is 17.0. The number of benzene rings is 1. The van der Waals surface area contributed by atoms with Gasteiger partial charge in [0.2, 0.25) is 5.91 Å². The van der Waals surface area contributed by atoms with Crippen LogP contribution in [0.25, 0.3) is 0 Å². The fourth-order valence-electron chi connectivity index (χ4n) is 3.99. The molecule has 2 aliphatic rings. The van der Waals surface area contributed by atoms with Gasteiger partial charge in [-0.1, -0.05) is 29.8 Å². The molecule has 1 unspecified atom stereocenters. The van der Waals surface area contributed by atoms with Gasteiger partial charge in [0.1, 0.15) is 6.04 Å². The van der Waals surface area contributed by atoms with Gasteiger partial charge in [0.25, 0.3) is 0 Å². The largest absolute Gasteiger partial charge is 0.436 e. The molecule has 0 bridgehead atoms. The molecule has 2 fully saturated rings. The van der Waals surface area contributed by atoms with E-state index in [1.807, 2.05) is 24.3 Å². The second-order valence-corrected chi connectivity index (χ2v) is 9.33. The number of piperazine rings is 1. The van der Waals surface area contributed by atoms with Gasteiger partial charge in [0.15, 0.2) is 5.69 Å². The molecule has 168 valence electrons. The first-order valence-electron chi connectivity index (χ1n) is 10.3. The third-order valence-corrected chi connectivity index (χ3v) is 7.03. The lowest BCUT2D eigenvalue weighted by Crippen LogP contribution is -2.50. The standard InChI is InChI=1S/C21H23BrClF3N4O/c1-13(30-18(14-6-7-14)17(22)19(27-30)21(24,25)26)20(31)29-10-8-28(9-11-29)12-15-4-2-3-5-16(15)23/h2-5,13-14H,6-12H2,1H3. The SMILES string of the molecule is CC(C(=O)N1CCN(Cc2ccccc2Cl)CC1)n1nc(C(F)(F)F)c(Br)c1C1CC1. The lowest BCUT2D eigenvalue weighted by molar-refractivity contribution is -0.143. The fourth-order valence-corrected chi connectivity index (χ4v) is 4.99. The Morgan fingerprint density at radius 3 is 2.45 bits per heavy atom. The monoisotopic (exact) mass is 518 g/mol. The van der Waals surface area contributed by atoms with Crippen molar-refractivity contribution in [3.63, 3.8) is 0 Å². The van der Waals surface area contributed by atoms with Crippen LogP contribution in [0.2, 0.25) is 5.02 Å². The molecular weight excluding hydrogens is 497 g/mol. The van der Waals surface area contributed by atoms with Gasteiger partial charge < -0.3 is 4.90 Å². The highest BCUT2D eigenvalue weighted by Crippen LogP contribution is 2.47. The molecule has 0 spiro atoms. The predicted molar refractivity (Wildman–Crippen MR) is 115 cm³/mol. The average molecular weight is 520 g/mol. The maximum Gasteiger partial charge on any atom is 0.436 e. The number of amides is 1. The first-order chi connectivity index (χ1) is 14.7. The van der Waals surface area contributed by atoms with Crippen LogP contribution in [0.5, 0.6) is 0 Å². The number of nitrogens with zero attached hydrogens (tertiary/aromatic N) is 4. The smallest absolute Gasteiger partial charge is 0.338 e. The van der Waals surface area contributed by atoms with Crippen LogP contribution >= 0.6 is 27.5 Å². The van der Waals surface area contributed by atoms with E-state index < -0.39 is 17.9 Å². The van der Waals surface area contributed by atoms with Gasteiger partial charge in [0.05, 0.1) is 10.2 Å². The quantitative estimate of drug-likeness (QED) is 0.552. The minimum Gasteiger partial charge on any atom is -0.338 e. The van der Waals surface area contributed by atoms with Crippen LogP contribution in [0, 0.1) is 0 Å². The molecule has 1 saturated heterocycles. The Morgan fingerprint density at radius 1 is 1.23 bits per heavy atom. The summed E-state index contributed by atoms with van der Waals surface area (Å²) >= 11 is 9.33. The highest BCUT2D eigenvalue weighted by Gasteiger charge is 2.43. The highest BCUT2D eigenvalue weighted by atomic mass is 79.9. The number of carbonyl (C=O) groups is 1. The Balaban J connectivity index is 1.44. The molecule has 1 amide bonds. The van der Waals surface area contributed by atoms with Gasteiger partial charge in [-0.15, -0.1) is 0 Å². The summed E-state index contributed by atoms with van der Waals surface area (Å²) in [7, 11) is 0. The summed E-state index contributed by atoms with van der Waals surface area (Å²) in [5.74, 6) is -0.191. The molecule has 1 aromatic heterocycles. The van der Waals surface area contributed by atoms with Crippen molar-refractivity contribution in [1.82, 2.24) is 19.6 Å². The van der Waals surface area contributed by atoms with E-state index in [2.05, 4.69) is 25.9 Å². The molecule has 5 nitrogen and oxygen atoms in total. The summed E-state index contributed by atoms with van der Waals surface area (Å²) in [6, 6.07) is 6.87. The van der Waals surface area contributed by atoms with Crippen molar-refractivity contribution in [3.05, 3.63) is 50.7 Å². The molecule has 1 saturated carbocycles. The third-order valence-electron chi connectivity index (χ3n) is 5.88. The van der Waals surface area contributed by atoms with E-state index in [4.69, 9.17) is 11.6 Å². The van der Waals surface area contributed by atoms with Crippen LogP contribution in [-0.4, -0.2) is 51.7 Å². The van der Waals surface area contributed by atoms with Crippen molar-refractivity contribution in [2.45, 2.75) is 44.4 Å². The first kappa shape index (κ1) is 22.6. The third kappa shape index (κ3) is 4.78. The molecule has 10 heteroatoms. The van der Waals surface area contributed by atoms with Crippen LogP contribution in [0.4, 0.5) is 13.2 Å². The molecule has 1 aromatic carbocycles. The number of halogens is 5. The molecule has 0 N–H and O–H groups in total. The zero-order chi connectivity index (χ0) is 22.3. The normalized spacial score (nSPS) is 19.0. The van der Waals surface area contributed by atoms with Crippen molar-refractivity contribution >= 4 is 33.4 Å². The summed E-state index contributed by atoms with van der Waals surface area (Å²) in [4.78, 5) is 17.0. The van der Waals surface area contributed by atoms with Crippen LogP contribution in [0.15, 0.2) is 28.7 Å². The Kier molecular flexibility index (Phi) is 6.38. The van der Waals surface area contributed by atoms with Crippen LogP contribution in [0.3, 0.4) is 0 Å². The number of hydrogen-bond donors (Lipinski definition) is 0. The van der Waals surface area contributed by atoms with Crippen molar-refractivity contribution in [3.8, 4) is 0 Å². The van der Waals surface area contributed by atoms with Crippen molar-refractivity contribution in [2.24, 2.45) is 0 Å². The second kappa shape index (κ2) is 8.75. The lowest BCUT2D eigenvalue weighted by Gasteiger charge is -2.36. The van der Waals surface area contributed by atoms with Crippen molar-refractivity contribution < 1.29 is 18.0 Å². The maximum atomic E-state index is 13.4. The van der Waals surface area contributed by atoms with E-state index in [1.165, 1.54) is 4.68 Å². The molecule has 2 aromatic rings. The van der Waals surface area contributed by atoms with E-state index in [9.17, 15) is 18.0 Å². The first-order valence-corrected chi connectivity index (χ1v) is 11.4. The Morgan fingerprint density at radius 2 is 1.87 bits per heavy atom. The summed E-state index contributed by atoms with van der Waals surface area (Å²) in [6.07, 6.45) is -2.95. The number of aromatic nitrogens is 2. The highest BCUT2D eigenvalue weighted by molar-refractivity contribution is 9.10. The van der Waals surface area contributed by atoms with E-state index in [0.717, 1.165) is 18.4 Å². The predicted octanol–water partition coefficient (Wildman–Crippen LogP) is 5.10. The molecule has 1 aliphatic carbocycles. The van der Waals surface area contributed by atoms with Crippen LogP contribution < -0.4 is 0 Å². The molecular formula is C21H23BrClF3N4O. The number of alkyl halides is 3. The zero-order valence-corrected chi connectivity index (χ0v) is 19.3. The van der Waals surface area contributed by atoms with Crippen molar-refractivity contribution in [2.75, 3.05) is 26.2 Å². The Bertz CT molecular complexity index is 968. The van der Waals surface area contributed by atoms with Gasteiger partial charge in [-0.2, -0.15) is 18.3 Å². The molecule has 31 heavy (non-hydrogen) atoms. The number of rotatable bonds is 5. The topological polar surface area (TPSA) is 41.4 Å². The van der Waals surface area contributed by atoms with Gasteiger partial charge in [-0.05, 0) is 47.3 Å².